The first-order valence-corrected chi connectivity index (χ1v) is 9.91. The molecule has 3 atom stereocenters. The van der Waals surface area contributed by atoms with Crippen LogP contribution in [0.25, 0.3) is 0 Å². The van der Waals surface area contributed by atoms with Crippen LogP contribution in [0.5, 0.6) is 0 Å². The van der Waals surface area contributed by atoms with E-state index >= 15 is 0 Å². The van der Waals surface area contributed by atoms with Gasteiger partial charge in [0.25, 0.3) is 0 Å². The Hall–Kier alpha value is -2.41. The van der Waals surface area contributed by atoms with E-state index in [1.165, 1.54) is 0 Å². The highest BCUT2D eigenvalue weighted by atomic mass is 35.5. The van der Waals surface area contributed by atoms with E-state index in [9.17, 15) is 19.2 Å². The number of carbonyl (C=O) groups excluding carboxylic acids is 4. The lowest BCUT2D eigenvalue weighted by atomic mass is 9.85. The zero-order chi connectivity index (χ0) is 20.4. The minimum Gasteiger partial charge on any atom is -0.348 e. The summed E-state index contributed by atoms with van der Waals surface area (Å²) in [5.74, 6) is -2.14. The van der Waals surface area contributed by atoms with E-state index in [0.717, 1.165) is 34.6 Å². The van der Waals surface area contributed by atoms with Crippen molar-refractivity contribution < 1.29 is 19.2 Å². The van der Waals surface area contributed by atoms with Crippen LogP contribution in [-0.2, 0) is 14.4 Å². The summed E-state index contributed by atoms with van der Waals surface area (Å²) in [6.45, 7) is 3.28. The highest BCUT2D eigenvalue weighted by molar-refractivity contribution is 6.45. The van der Waals surface area contributed by atoms with Gasteiger partial charge in [0, 0.05) is 11.1 Å². The van der Waals surface area contributed by atoms with Crippen LogP contribution < -0.4 is 5.32 Å². The molecule has 0 unspecified atom stereocenters. The number of imide groups is 2. The van der Waals surface area contributed by atoms with Crippen LogP contribution in [-0.4, -0.2) is 46.1 Å². The van der Waals surface area contributed by atoms with Crippen LogP contribution in [0.4, 0.5) is 4.79 Å². The molecule has 1 aliphatic carbocycles. The quantitative estimate of drug-likeness (QED) is 0.602. The minimum atomic E-state index is -0.937. The predicted molar refractivity (Wildman–Crippen MR) is 103 cm³/mol. The molecule has 1 aliphatic heterocycles. The van der Waals surface area contributed by atoms with Gasteiger partial charge in [0.2, 0.25) is 5.91 Å². The van der Waals surface area contributed by atoms with Crippen molar-refractivity contribution >= 4 is 35.4 Å². The van der Waals surface area contributed by atoms with Crippen LogP contribution in [0.2, 0.25) is 5.02 Å². The zero-order valence-electron chi connectivity index (χ0n) is 16.0. The van der Waals surface area contributed by atoms with Crippen molar-refractivity contribution in [2.45, 2.75) is 51.6 Å². The average molecular weight is 406 g/mol. The standard InChI is InChI=1S/C20H24ClN3O4/c1-12-6-3-4-9-16(12)24-19(27)18(26)23(20(24)28)11-17(25)22-13(2)14-7-5-8-15(21)10-14/h5,7-8,10,12-13,16H,3-4,6,9,11H2,1-2H3,(H,22,25)/t12-,13-,16-/m0/s1. The lowest BCUT2D eigenvalue weighted by Crippen LogP contribution is -2.47. The molecule has 8 heteroatoms. The van der Waals surface area contributed by atoms with Crippen molar-refractivity contribution in [2.24, 2.45) is 5.92 Å². The first-order chi connectivity index (χ1) is 13.3. The smallest absolute Gasteiger partial charge is 0.334 e. The topological polar surface area (TPSA) is 86.8 Å². The fourth-order valence-corrected chi connectivity index (χ4v) is 4.12. The largest absolute Gasteiger partial charge is 0.348 e. The van der Waals surface area contributed by atoms with E-state index in [-0.39, 0.29) is 18.0 Å². The number of nitrogens with one attached hydrogen (secondary N) is 1. The van der Waals surface area contributed by atoms with Gasteiger partial charge in [-0.25, -0.2) is 9.69 Å². The van der Waals surface area contributed by atoms with Gasteiger partial charge < -0.3 is 5.32 Å². The van der Waals surface area contributed by atoms with Crippen LogP contribution in [0.15, 0.2) is 24.3 Å². The first kappa shape index (κ1) is 20.3. The monoisotopic (exact) mass is 405 g/mol. The molecule has 0 bridgehead atoms. The van der Waals surface area contributed by atoms with E-state index < -0.39 is 30.3 Å². The van der Waals surface area contributed by atoms with Crippen LogP contribution in [0.3, 0.4) is 0 Å². The third kappa shape index (κ3) is 4.04. The fraction of sp³-hybridized carbons (Fsp3) is 0.500. The third-order valence-electron chi connectivity index (χ3n) is 5.51. The molecule has 1 saturated heterocycles. The van der Waals surface area contributed by atoms with Gasteiger partial charge in [-0.3, -0.25) is 19.3 Å². The van der Waals surface area contributed by atoms with Crippen molar-refractivity contribution in [1.29, 1.82) is 0 Å². The molecule has 1 aromatic rings. The molecule has 150 valence electrons. The van der Waals surface area contributed by atoms with Crippen molar-refractivity contribution in [3.05, 3.63) is 34.9 Å². The fourth-order valence-electron chi connectivity index (χ4n) is 3.92. The Morgan fingerprint density at radius 3 is 2.61 bits per heavy atom. The zero-order valence-corrected chi connectivity index (χ0v) is 16.7. The molecule has 1 aromatic carbocycles. The number of rotatable bonds is 5. The van der Waals surface area contributed by atoms with E-state index in [0.29, 0.717) is 11.4 Å². The Bertz CT molecular complexity index is 812. The maximum atomic E-state index is 12.7. The minimum absolute atomic E-state index is 0.145. The maximum Gasteiger partial charge on any atom is 0.334 e. The van der Waals surface area contributed by atoms with Gasteiger partial charge in [0.05, 0.1) is 6.04 Å². The molecular formula is C20H24ClN3O4. The lowest BCUT2D eigenvalue weighted by Gasteiger charge is -2.34. The summed E-state index contributed by atoms with van der Waals surface area (Å²) in [6, 6.07) is 5.72. The molecule has 5 amide bonds. The third-order valence-corrected chi connectivity index (χ3v) is 5.74. The van der Waals surface area contributed by atoms with Crippen LogP contribution >= 0.6 is 11.6 Å². The van der Waals surface area contributed by atoms with Crippen LogP contribution in [0.1, 0.15) is 51.1 Å². The summed E-state index contributed by atoms with van der Waals surface area (Å²) in [5.41, 5.74) is 0.800. The lowest BCUT2D eigenvalue weighted by molar-refractivity contribution is -0.145. The molecule has 7 nitrogen and oxygen atoms in total. The Morgan fingerprint density at radius 1 is 1.21 bits per heavy atom. The molecule has 2 aliphatic rings. The second-order valence-electron chi connectivity index (χ2n) is 7.52. The molecule has 3 rings (SSSR count). The Kier molecular flexibility index (Phi) is 6.03. The van der Waals surface area contributed by atoms with E-state index in [2.05, 4.69) is 5.32 Å². The molecule has 0 aromatic heterocycles. The van der Waals surface area contributed by atoms with E-state index in [1.54, 1.807) is 25.1 Å². The number of hydrogen-bond donors (Lipinski definition) is 1. The van der Waals surface area contributed by atoms with Crippen molar-refractivity contribution in [1.82, 2.24) is 15.1 Å². The Morgan fingerprint density at radius 2 is 1.93 bits per heavy atom. The van der Waals surface area contributed by atoms with E-state index in [4.69, 9.17) is 11.6 Å². The van der Waals surface area contributed by atoms with Crippen molar-refractivity contribution in [3.8, 4) is 0 Å². The van der Waals surface area contributed by atoms with Gasteiger partial charge in [0.1, 0.15) is 6.54 Å². The van der Waals surface area contributed by atoms with Gasteiger partial charge in [-0.2, -0.15) is 0 Å². The second kappa shape index (κ2) is 8.31. The summed E-state index contributed by atoms with van der Waals surface area (Å²) in [6.07, 6.45) is 3.57. The second-order valence-corrected chi connectivity index (χ2v) is 7.96. The average Bonchev–Trinajstić information content (AvgIpc) is 2.86. The molecular weight excluding hydrogens is 382 g/mol. The number of halogens is 1. The van der Waals surface area contributed by atoms with E-state index in [1.807, 2.05) is 13.0 Å². The highest BCUT2D eigenvalue weighted by Crippen LogP contribution is 2.31. The molecule has 0 radical (unpaired) electrons. The van der Waals surface area contributed by atoms with Crippen molar-refractivity contribution in [2.75, 3.05) is 6.54 Å². The SMILES string of the molecule is C[C@H](NC(=O)CN1C(=O)C(=O)N([C@H]2CCCC[C@@H]2C)C1=O)c1cccc(Cl)c1. The van der Waals surface area contributed by atoms with Gasteiger partial charge >= 0.3 is 17.8 Å². The summed E-state index contributed by atoms with van der Waals surface area (Å²) >= 11 is 5.97. The van der Waals surface area contributed by atoms with Gasteiger partial charge in [-0.05, 0) is 43.4 Å². The molecule has 1 saturated carbocycles. The number of carbonyl (C=O) groups is 4. The van der Waals surface area contributed by atoms with Crippen LogP contribution in [0, 0.1) is 5.92 Å². The first-order valence-electron chi connectivity index (χ1n) is 9.53. The molecule has 0 spiro atoms. The Labute approximate surface area is 169 Å². The number of benzene rings is 1. The maximum absolute atomic E-state index is 12.7. The number of amides is 5. The summed E-state index contributed by atoms with van der Waals surface area (Å²) in [7, 11) is 0. The highest BCUT2D eigenvalue weighted by Gasteiger charge is 2.49. The molecule has 1 heterocycles. The molecule has 2 fully saturated rings. The number of urea groups is 1. The van der Waals surface area contributed by atoms with Gasteiger partial charge in [-0.1, -0.05) is 43.5 Å². The Balaban J connectivity index is 1.66. The molecule has 1 N–H and O–H groups in total. The van der Waals surface area contributed by atoms with Gasteiger partial charge in [0.15, 0.2) is 0 Å². The van der Waals surface area contributed by atoms with Crippen molar-refractivity contribution in [3.63, 3.8) is 0 Å². The number of nitrogens with zero attached hydrogens (tertiary/aromatic N) is 2. The summed E-state index contributed by atoms with van der Waals surface area (Å²) < 4.78 is 0. The number of hydrogen-bond acceptors (Lipinski definition) is 4. The predicted octanol–water partition coefficient (Wildman–Crippen LogP) is 2.89. The van der Waals surface area contributed by atoms with Gasteiger partial charge in [-0.15, -0.1) is 0 Å². The summed E-state index contributed by atoms with van der Waals surface area (Å²) in [4.78, 5) is 51.6. The summed E-state index contributed by atoms with van der Waals surface area (Å²) in [5, 5.41) is 3.28. The normalized spacial score (nSPS) is 23.9. The molecule has 28 heavy (non-hydrogen) atoms.